The first-order valence-electron chi connectivity index (χ1n) is 4.56. The van der Waals surface area contributed by atoms with Gasteiger partial charge in [-0.3, -0.25) is 0 Å². The van der Waals surface area contributed by atoms with E-state index in [1.165, 1.54) is 6.33 Å². The van der Waals surface area contributed by atoms with Crippen LogP contribution in [0.15, 0.2) is 30.6 Å². The lowest BCUT2D eigenvalue weighted by molar-refractivity contribution is 0.414. The number of hydrogen-bond donors (Lipinski definition) is 1. The Labute approximate surface area is 87.5 Å². The van der Waals surface area contributed by atoms with Gasteiger partial charge in [-0.15, -0.1) is 0 Å². The number of rotatable bonds is 3. The molecule has 5 heteroatoms. The van der Waals surface area contributed by atoms with E-state index in [0.29, 0.717) is 12.5 Å². The van der Waals surface area contributed by atoms with E-state index in [9.17, 15) is 0 Å². The van der Waals surface area contributed by atoms with Gasteiger partial charge in [-0.05, 0) is 17.7 Å². The molecular formula is C10H12N4O. The van der Waals surface area contributed by atoms with Gasteiger partial charge in [0.05, 0.1) is 13.7 Å². The largest absolute Gasteiger partial charge is 0.497 e. The van der Waals surface area contributed by atoms with E-state index in [2.05, 4.69) is 10.1 Å². The smallest absolute Gasteiger partial charge is 0.218 e. The Balaban J connectivity index is 2.21. The first kappa shape index (κ1) is 9.51. The fraction of sp³-hybridized carbons (Fsp3) is 0.200. The molecule has 1 heterocycles. The molecule has 0 spiro atoms. The number of aromatic nitrogens is 3. The highest BCUT2D eigenvalue weighted by Gasteiger charge is 2.01. The maximum absolute atomic E-state index is 5.62. The molecule has 1 aromatic carbocycles. The first-order valence-corrected chi connectivity index (χ1v) is 4.56. The highest BCUT2D eigenvalue weighted by molar-refractivity contribution is 5.29. The molecule has 0 radical (unpaired) electrons. The molecule has 2 aromatic rings. The average molecular weight is 204 g/mol. The van der Waals surface area contributed by atoms with Gasteiger partial charge >= 0.3 is 0 Å². The molecule has 1 aromatic heterocycles. The second-order valence-corrected chi connectivity index (χ2v) is 3.13. The molecule has 2 N–H and O–H groups in total. The Kier molecular flexibility index (Phi) is 2.53. The lowest BCUT2D eigenvalue weighted by Gasteiger charge is -2.05. The Hall–Kier alpha value is -2.04. The van der Waals surface area contributed by atoms with E-state index >= 15 is 0 Å². The minimum absolute atomic E-state index is 0.415. The van der Waals surface area contributed by atoms with Gasteiger partial charge in [0, 0.05) is 0 Å². The summed E-state index contributed by atoms with van der Waals surface area (Å²) in [5, 5.41) is 4.01. The first-order chi connectivity index (χ1) is 7.29. The molecular weight excluding hydrogens is 192 g/mol. The number of methoxy groups -OCH3 is 1. The lowest BCUT2D eigenvalue weighted by atomic mass is 10.2. The highest BCUT2D eigenvalue weighted by Crippen LogP contribution is 2.13. The van der Waals surface area contributed by atoms with Gasteiger partial charge in [0.2, 0.25) is 5.95 Å². The summed E-state index contributed by atoms with van der Waals surface area (Å²) in [5.74, 6) is 1.24. The van der Waals surface area contributed by atoms with Gasteiger partial charge in [-0.2, -0.15) is 5.10 Å². The van der Waals surface area contributed by atoms with Crippen molar-refractivity contribution < 1.29 is 4.74 Å². The third-order valence-electron chi connectivity index (χ3n) is 2.11. The third-order valence-corrected chi connectivity index (χ3v) is 2.11. The van der Waals surface area contributed by atoms with Gasteiger partial charge < -0.3 is 10.5 Å². The monoisotopic (exact) mass is 204 g/mol. The molecule has 0 aliphatic carbocycles. The number of nitrogens with zero attached hydrogens (tertiary/aromatic N) is 3. The molecule has 0 atom stereocenters. The number of anilines is 1. The van der Waals surface area contributed by atoms with E-state index in [-0.39, 0.29) is 0 Å². The van der Waals surface area contributed by atoms with Crippen molar-refractivity contribution in [1.29, 1.82) is 0 Å². The molecule has 78 valence electrons. The number of nitrogens with two attached hydrogens (primary N) is 1. The predicted octanol–water partition coefficient (Wildman–Crippen LogP) is 0.917. The standard InChI is InChI=1S/C10H12N4O/c1-15-9-4-2-3-8(5-9)6-14-10(11)12-7-13-14/h2-5,7H,6H2,1H3,(H2,11,12,13). The van der Waals surface area contributed by atoms with Crippen molar-refractivity contribution in [2.75, 3.05) is 12.8 Å². The summed E-state index contributed by atoms with van der Waals surface area (Å²) in [7, 11) is 1.64. The number of nitrogen functional groups attached to an aromatic ring is 1. The summed E-state index contributed by atoms with van der Waals surface area (Å²) in [6.07, 6.45) is 1.44. The van der Waals surface area contributed by atoms with Crippen LogP contribution >= 0.6 is 0 Å². The predicted molar refractivity (Wildman–Crippen MR) is 56.5 cm³/mol. The maximum atomic E-state index is 5.62. The van der Waals surface area contributed by atoms with Crippen molar-refractivity contribution >= 4 is 5.95 Å². The molecule has 15 heavy (non-hydrogen) atoms. The molecule has 0 aliphatic heterocycles. The van der Waals surface area contributed by atoms with Crippen molar-refractivity contribution in [3.63, 3.8) is 0 Å². The minimum atomic E-state index is 0.415. The van der Waals surface area contributed by atoms with Gasteiger partial charge in [-0.1, -0.05) is 12.1 Å². The average Bonchev–Trinajstić information content (AvgIpc) is 2.65. The van der Waals surface area contributed by atoms with Crippen LogP contribution in [0.25, 0.3) is 0 Å². The molecule has 0 aliphatic rings. The Morgan fingerprint density at radius 1 is 1.47 bits per heavy atom. The lowest BCUT2D eigenvalue weighted by Crippen LogP contribution is -2.06. The molecule has 2 rings (SSSR count). The summed E-state index contributed by atoms with van der Waals surface area (Å²) < 4.78 is 6.76. The normalized spacial score (nSPS) is 10.2. The van der Waals surface area contributed by atoms with Gasteiger partial charge in [0.1, 0.15) is 12.1 Å². The Morgan fingerprint density at radius 2 is 2.33 bits per heavy atom. The van der Waals surface area contributed by atoms with Crippen LogP contribution in [-0.2, 0) is 6.54 Å². The van der Waals surface area contributed by atoms with Gasteiger partial charge in [0.15, 0.2) is 0 Å². The number of benzene rings is 1. The SMILES string of the molecule is COc1cccc(Cn2ncnc2N)c1. The second-order valence-electron chi connectivity index (χ2n) is 3.13. The van der Waals surface area contributed by atoms with E-state index in [0.717, 1.165) is 11.3 Å². The summed E-state index contributed by atoms with van der Waals surface area (Å²) in [5.41, 5.74) is 6.69. The van der Waals surface area contributed by atoms with Crippen LogP contribution in [0.4, 0.5) is 5.95 Å². The van der Waals surface area contributed by atoms with E-state index in [4.69, 9.17) is 10.5 Å². The molecule has 0 fully saturated rings. The Bertz CT molecular complexity index is 452. The summed E-state index contributed by atoms with van der Waals surface area (Å²) >= 11 is 0. The zero-order valence-electron chi connectivity index (χ0n) is 8.42. The summed E-state index contributed by atoms with van der Waals surface area (Å²) in [6, 6.07) is 7.76. The third kappa shape index (κ3) is 2.07. The van der Waals surface area contributed by atoms with Gasteiger partial charge in [0.25, 0.3) is 0 Å². The fourth-order valence-corrected chi connectivity index (χ4v) is 1.34. The maximum Gasteiger partial charge on any atom is 0.218 e. The topological polar surface area (TPSA) is 66.0 Å². The van der Waals surface area contributed by atoms with Crippen LogP contribution in [-0.4, -0.2) is 21.9 Å². The second kappa shape index (κ2) is 4.00. The minimum Gasteiger partial charge on any atom is -0.497 e. The molecule has 0 amide bonds. The van der Waals surface area contributed by atoms with Crippen molar-refractivity contribution in [2.24, 2.45) is 0 Å². The molecule has 0 bridgehead atoms. The van der Waals surface area contributed by atoms with Crippen molar-refractivity contribution in [3.8, 4) is 5.75 Å². The van der Waals surface area contributed by atoms with E-state index < -0.39 is 0 Å². The number of hydrogen-bond acceptors (Lipinski definition) is 4. The van der Waals surface area contributed by atoms with Crippen molar-refractivity contribution in [1.82, 2.24) is 14.8 Å². The molecule has 5 nitrogen and oxygen atoms in total. The quantitative estimate of drug-likeness (QED) is 0.807. The van der Waals surface area contributed by atoms with Crippen LogP contribution in [0.1, 0.15) is 5.56 Å². The van der Waals surface area contributed by atoms with Crippen LogP contribution in [0.5, 0.6) is 5.75 Å². The Morgan fingerprint density at radius 3 is 3.00 bits per heavy atom. The van der Waals surface area contributed by atoms with Crippen LogP contribution in [0, 0.1) is 0 Å². The molecule has 0 saturated heterocycles. The van der Waals surface area contributed by atoms with E-state index in [1.807, 2.05) is 24.3 Å². The molecule has 0 unspecified atom stereocenters. The fourth-order valence-electron chi connectivity index (χ4n) is 1.34. The van der Waals surface area contributed by atoms with E-state index in [1.54, 1.807) is 11.8 Å². The van der Waals surface area contributed by atoms with Crippen LogP contribution in [0.3, 0.4) is 0 Å². The molecule has 0 saturated carbocycles. The van der Waals surface area contributed by atoms with Crippen LogP contribution in [0.2, 0.25) is 0 Å². The van der Waals surface area contributed by atoms with Gasteiger partial charge in [-0.25, -0.2) is 9.67 Å². The summed E-state index contributed by atoms with van der Waals surface area (Å²) in [6.45, 7) is 0.600. The summed E-state index contributed by atoms with van der Waals surface area (Å²) in [4.78, 5) is 3.85. The van der Waals surface area contributed by atoms with Crippen LogP contribution < -0.4 is 10.5 Å². The zero-order valence-corrected chi connectivity index (χ0v) is 8.42. The highest BCUT2D eigenvalue weighted by atomic mass is 16.5. The van der Waals surface area contributed by atoms with Crippen molar-refractivity contribution in [3.05, 3.63) is 36.2 Å². The zero-order chi connectivity index (χ0) is 10.7. The number of ether oxygens (including phenoxy) is 1. The van der Waals surface area contributed by atoms with Crippen molar-refractivity contribution in [2.45, 2.75) is 6.54 Å².